The van der Waals surface area contributed by atoms with Crippen LogP contribution in [0.25, 0.3) is 0 Å². The first-order valence-electron chi connectivity index (χ1n) is 4.24. The second-order valence-corrected chi connectivity index (χ2v) is 3.17. The average molecular weight is 168 g/mol. The summed E-state index contributed by atoms with van der Waals surface area (Å²) in [6, 6.07) is 0. The Bertz CT molecular complexity index is 251. The summed E-state index contributed by atoms with van der Waals surface area (Å²) in [4.78, 5) is 11.2. The first kappa shape index (κ1) is 9.17. The number of carbonyl (C=O) groups excluding carboxylic acids is 1. The number of ketones is 1. The molecular weight excluding hydrogens is 155 g/mol. The first-order chi connectivity index (χ1) is 5.63. The molecule has 0 saturated heterocycles. The molecule has 0 aromatic rings. The fraction of sp³-hybridized carbons (Fsp3) is 0.500. The molecule has 1 atom stereocenters. The third kappa shape index (κ3) is 2.03. The lowest BCUT2D eigenvalue weighted by Gasteiger charge is -2.12. The maximum absolute atomic E-state index is 12.8. The zero-order valence-corrected chi connectivity index (χ0v) is 7.43. The van der Waals surface area contributed by atoms with Crippen molar-refractivity contribution < 1.29 is 9.18 Å². The Labute approximate surface area is 72.0 Å². The molecule has 0 aromatic carbocycles. The van der Waals surface area contributed by atoms with E-state index in [2.05, 4.69) is 0 Å². The lowest BCUT2D eigenvalue weighted by atomic mass is 9.94. The van der Waals surface area contributed by atoms with Gasteiger partial charge in [0, 0.05) is 18.4 Å². The molecule has 1 nitrogen and oxygen atoms in total. The molecule has 0 amide bonds. The van der Waals surface area contributed by atoms with Gasteiger partial charge >= 0.3 is 0 Å². The molecule has 1 aliphatic rings. The Morgan fingerprint density at radius 3 is 2.92 bits per heavy atom. The number of hydrogen-bond acceptors (Lipinski definition) is 1. The third-order valence-electron chi connectivity index (χ3n) is 1.94. The van der Waals surface area contributed by atoms with Crippen molar-refractivity contribution in [2.75, 3.05) is 0 Å². The smallest absolute Gasteiger partial charge is 0.162 e. The molecule has 1 rings (SSSR count). The number of carbonyl (C=O) groups is 1. The number of hydrogen-bond donors (Lipinski definition) is 0. The molecule has 0 fully saturated rings. The van der Waals surface area contributed by atoms with Gasteiger partial charge in [-0.15, -0.1) is 0 Å². The van der Waals surface area contributed by atoms with Gasteiger partial charge in [-0.3, -0.25) is 4.79 Å². The second kappa shape index (κ2) is 3.65. The van der Waals surface area contributed by atoms with Crippen LogP contribution in [-0.2, 0) is 4.79 Å². The first-order valence-corrected chi connectivity index (χ1v) is 4.24. The van der Waals surface area contributed by atoms with E-state index in [1.54, 1.807) is 6.92 Å². The summed E-state index contributed by atoms with van der Waals surface area (Å²) >= 11 is 0. The summed E-state index contributed by atoms with van der Waals surface area (Å²) in [7, 11) is 0. The molecule has 0 N–H and O–H groups in total. The second-order valence-electron chi connectivity index (χ2n) is 3.17. The van der Waals surface area contributed by atoms with Gasteiger partial charge < -0.3 is 0 Å². The highest BCUT2D eigenvalue weighted by atomic mass is 19.1. The molecule has 0 bridgehead atoms. The Morgan fingerprint density at radius 1 is 1.75 bits per heavy atom. The third-order valence-corrected chi connectivity index (χ3v) is 1.94. The van der Waals surface area contributed by atoms with E-state index in [0.29, 0.717) is 18.4 Å². The van der Waals surface area contributed by atoms with Crippen molar-refractivity contribution in [3.63, 3.8) is 0 Å². The maximum Gasteiger partial charge on any atom is 0.162 e. The summed E-state index contributed by atoms with van der Waals surface area (Å²) in [5.41, 5.74) is 0.536. The predicted molar refractivity (Wildman–Crippen MR) is 46.4 cm³/mol. The van der Waals surface area contributed by atoms with Crippen molar-refractivity contribution in [3.05, 3.63) is 23.6 Å². The van der Waals surface area contributed by atoms with Gasteiger partial charge in [-0.1, -0.05) is 19.9 Å². The molecule has 1 unspecified atom stereocenters. The van der Waals surface area contributed by atoms with Gasteiger partial charge in [0.15, 0.2) is 5.78 Å². The van der Waals surface area contributed by atoms with Crippen LogP contribution in [0.5, 0.6) is 0 Å². The van der Waals surface area contributed by atoms with Crippen LogP contribution in [0.4, 0.5) is 4.39 Å². The number of allylic oxidation sites excluding steroid dienone is 4. The molecule has 0 heterocycles. The SMILES string of the molecule is CCC(=O)C1=CC(C)CC(F)=C1. The summed E-state index contributed by atoms with van der Waals surface area (Å²) in [5, 5.41) is 0. The molecule has 66 valence electrons. The summed E-state index contributed by atoms with van der Waals surface area (Å²) in [6.07, 6.45) is 4.07. The van der Waals surface area contributed by atoms with Crippen LogP contribution in [0, 0.1) is 5.92 Å². The van der Waals surface area contributed by atoms with Crippen LogP contribution < -0.4 is 0 Å². The van der Waals surface area contributed by atoms with E-state index in [9.17, 15) is 9.18 Å². The van der Waals surface area contributed by atoms with Crippen LogP contribution in [0.3, 0.4) is 0 Å². The van der Waals surface area contributed by atoms with E-state index in [1.165, 1.54) is 6.08 Å². The van der Waals surface area contributed by atoms with E-state index < -0.39 is 0 Å². The minimum atomic E-state index is -0.179. The molecule has 1 aliphatic carbocycles. The van der Waals surface area contributed by atoms with Crippen molar-refractivity contribution in [2.45, 2.75) is 26.7 Å². The fourth-order valence-electron chi connectivity index (χ4n) is 1.33. The molecule has 0 aliphatic heterocycles. The maximum atomic E-state index is 12.8. The van der Waals surface area contributed by atoms with Gasteiger partial charge in [0.05, 0.1) is 0 Å². The highest BCUT2D eigenvalue weighted by Gasteiger charge is 2.14. The van der Waals surface area contributed by atoms with Crippen molar-refractivity contribution in [1.82, 2.24) is 0 Å². The zero-order valence-electron chi connectivity index (χ0n) is 7.43. The molecule has 0 aromatic heterocycles. The van der Waals surface area contributed by atoms with Gasteiger partial charge in [0.2, 0.25) is 0 Å². The molecule has 12 heavy (non-hydrogen) atoms. The minimum absolute atomic E-state index is 0.0247. The Morgan fingerprint density at radius 2 is 2.42 bits per heavy atom. The molecule has 0 radical (unpaired) electrons. The quantitative estimate of drug-likeness (QED) is 0.619. The largest absolute Gasteiger partial charge is 0.294 e. The normalized spacial score (nSPS) is 23.1. The van der Waals surface area contributed by atoms with E-state index in [4.69, 9.17) is 0 Å². The molecule has 0 saturated carbocycles. The lowest BCUT2D eigenvalue weighted by molar-refractivity contribution is -0.115. The monoisotopic (exact) mass is 168 g/mol. The number of Topliss-reactive ketones (excluding diaryl/α,β-unsaturated/α-hetero) is 1. The van der Waals surface area contributed by atoms with Gasteiger partial charge in [0.1, 0.15) is 5.83 Å². The van der Waals surface area contributed by atoms with Crippen molar-refractivity contribution in [1.29, 1.82) is 0 Å². The average Bonchev–Trinajstić information content (AvgIpc) is 2.01. The zero-order chi connectivity index (χ0) is 9.14. The van der Waals surface area contributed by atoms with Crippen molar-refractivity contribution in [3.8, 4) is 0 Å². The highest BCUT2D eigenvalue weighted by molar-refractivity contribution is 5.98. The van der Waals surface area contributed by atoms with E-state index in [0.717, 1.165) is 0 Å². The minimum Gasteiger partial charge on any atom is -0.294 e. The van der Waals surface area contributed by atoms with E-state index >= 15 is 0 Å². The van der Waals surface area contributed by atoms with Gasteiger partial charge in [-0.05, 0) is 12.0 Å². The number of halogens is 1. The van der Waals surface area contributed by atoms with Crippen LogP contribution in [0.1, 0.15) is 26.7 Å². The van der Waals surface area contributed by atoms with Crippen LogP contribution in [0.15, 0.2) is 23.6 Å². The van der Waals surface area contributed by atoms with Crippen LogP contribution in [-0.4, -0.2) is 5.78 Å². The van der Waals surface area contributed by atoms with Gasteiger partial charge in [-0.25, -0.2) is 4.39 Å². The Kier molecular flexibility index (Phi) is 2.79. The summed E-state index contributed by atoms with van der Waals surface area (Å²) < 4.78 is 12.8. The molecule has 0 spiro atoms. The van der Waals surface area contributed by atoms with E-state index in [-0.39, 0.29) is 17.5 Å². The Balaban J connectivity index is 2.83. The summed E-state index contributed by atoms with van der Waals surface area (Å²) in [6.45, 7) is 3.70. The van der Waals surface area contributed by atoms with Gasteiger partial charge in [0.25, 0.3) is 0 Å². The molecule has 2 heteroatoms. The predicted octanol–water partition coefficient (Wildman–Crippen LogP) is 2.79. The van der Waals surface area contributed by atoms with E-state index in [1.807, 2.05) is 13.0 Å². The standard InChI is InChI=1S/C10H13FO/c1-3-10(12)8-4-7(2)5-9(11)6-8/h4,6-7H,3,5H2,1-2H3. The highest BCUT2D eigenvalue weighted by Crippen LogP contribution is 2.23. The fourth-order valence-corrected chi connectivity index (χ4v) is 1.33. The van der Waals surface area contributed by atoms with Crippen molar-refractivity contribution in [2.24, 2.45) is 5.92 Å². The summed E-state index contributed by atoms with van der Waals surface area (Å²) in [5.74, 6) is -0.000926. The van der Waals surface area contributed by atoms with Crippen molar-refractivity contribution >= 4 is 5.78 Å². The van der Waals surface area contributed by atoms with Crippen LogP contribution in [0.2, 0.25) is 0 Å². The van der Waals surface area contributed by atoms with Gasteiger partial charge in [-0.2, -0.15) is 0 Å². The van der Waals surface area contributed by atoms with Crippen LogP contribution >= 0.6 is 0 Å². The molecular formula is C10H13FO. The topological polar surface area (TPSA) is 17.1 Å². The lowest BCUT2D eigenvalue weighted by Crippen LogP contribution is -2.06. The Hall–Kier alpha value is -0.920. The number of rotatable bonds is 2.